The van der Waals surface area contributed by atoms with E-state index in [-0.39, 0.29) is 17.7 Å². The number of aromatic nitrogens is 2. The molecule has 9 heteroatoms. The lowest BCUT2D eigenvalue weighted by Gasteiger charge is -2.34. The topological polar surface area (TPSA) is 93.7 Å². The molecule has 0 spiro atoms. The molecule has 37 heavy (non-hydrogen) atoms. The number of carbonyl (C=O) groups is 2. The Balaban J connectivity index is 1.37. The van der Waals surface area contributed by atoms with Crippen molar-refractivity contribution in [3.63, 3.8) is 0 Å². The first kappa shape index (κ1) is 25.4. The molecule has 2 aliphatic heterocycles. The average molecular weight is 506 g/mol. The van der Waals surface area contributed by atoms with Gasteiger partial charge in [0.25, 0.3) is 0 Å². The van der Waals surface area contributed by atoms with E-state index in [1.54, 1.807) is 11.1 Å². The van der Waals surface area contributed by atoms with Gasteiger partial charge in [-0.25, -0.2) is 4.98 Å². The minimum absolute atomic E-state index is 0.0475. The van der Waals surface area contributed by atoms with Gasteiger partial charge in [-0.1, -0.05) is 18.9 Å². The standard InChI is InChI=1S/C28H39N7O2/c1-28(2)18-35(22-10-5-6-11-22)24-23(34(4)26(28)37)17-29-27(32-24)31-21-9-7-8-20(16-21)30-25(36)19-12-14-33(3)15-13-19/h7-9,16-17,19,22H,5-6,10-15,18H2,1-4H3,(H,30,36)(H,29,31,32). The van der Waals surface area contributed by atoms with Crippen LogP contribution in [0.5, 0.6) is 0 Å². The molecule has 1 saturated carbocycles. The van der Waals surface area contributed by atoms with Crippen molar-refractivity contribution in [3.05, 3.63) is 30.5 Å². The number of amides is 2. The second-order valence-corrected chi connectivity index (χ2v) is 11.5. The van der Waals surface area contributed by atoms with Gasteiger partial charge in [0.2, 0.25) is 17.8 Å². The van der Waals surface area contributed by atoms with Crippen molar-refractivity contribution in [1.82, 2.24) is 14.9 Å². The summed E-state index contributed by atoms with van der Waals surface area (Å²) in [6, 6.07) is 8.04. The van der Waals surface area contributed by atoms with Crippen LogP contribution < -0.4 is 20.4 Å². The van der Waals surface area contributed by atoms with Crippen LogP contribution in [0.25, 0.3) is 0 Å². The normalized spacial score (nSPS) is 21.0. The second kappa shape index (κ2) is 10.3. The highest BCUT2D eigenvalue weighted by Crippen LogP contribution is 2.40. The van der Waals surface area contributed by atoms with Crippen molar-refractivity contribution < 1.29 is 9.59 Å². The number of fused-ring (bicyclic) bond motifs is 1. The molecule has 2 amide bonds. The molecule has 2 fully saturated rings. The molecular weight excluding hydrogens is 466 g/mol. The van der Waals surface area contributed by atoms with Crippen molar-refractivity contribution in [2.75, 3.05) is 54.2 Å². The minimum atomic E-state index is -0.522. The summed E-state index contributed by atoms with van der Waals surface area (Å²) < 4.78 is 0. The van der Waals surface area contributed by atoms with E-state index in [0.717, 1.165) is 61.7 Å². The van der Waals surface area contributed by atoms with Crippen molar-refractivity contribution in [2.24, 2.45) is 11.3 Å². The summed E-state index contributed by atoms with van der Waals surface area (Å²) in [6.45, 7) is 6.55. The maximum absolute atomic E-state index is 13.2. The molecule has 2 N–H and O–H groups in total. The number of anilines is 5. The largest absolute Gasteiger partial charge is 0.351 e. The molecular formula is C28H39N7O2. The number of carbonyl (C=O) groups excluding carboxylic acids is 2. The van der Waals surface area contributed by atoms with Gasteiger partial charge in [-0.15, -0.1) is 0 Å². The first-order valence-corrected chi connectivity index (χ1v) is 13.5. The van der Waals surface area contributed by atoms with E-state index in [1.807, 2.05) is 45.2 Å². The van der Waals surface area contributed by atoms with Gasteiger partial charge in [-0.3, -0.25) is 9.59 Å². The zero-order valence-electron chi connectivity index (χ0n) is 22.5. The second-order valence-electron chi connectivity index (χ2n) is 11.5. The number of nitrogens with zero attached hydrogens (tertiary/aromatic N) is 5. The van der Waals surface area contributed by atoms with E-state index < -0.39 is 5.41 Å². The molecule has 0 radical (unpaired) electrons. The van der Waals surface area contributed by atoms with Crippen LogP contribution in [0, 0.1) is 11.3 Å². The summed E-state index contributed by atoms with van der Waals surface area (Å²) in [6.07, 6.45) is 8.14. The molecule has 0 unspecified atom stereocenters. The lowest BCUT2D eigenvalue weighted by atomic mass is 9.91. The molecule has 5 rings (SSSR count). The van der Waals surface area contributed by atoms with Crippen LogP contribution in [0.3, 0.4) is 0 Å². The van der Waals surface area contributed by atoms with Gasteiger partial charge in [-0.2, -0.15) is 4.98 Å². The first-order chi connectivity index (χ1) is 17.7. The molecule has 1 aliphatic carbocycles. The van der Waals surface area contributed by atoms with Gasteiger partial charge in [0, 0.05) is 36.9 Å². The monoisotopic (exact) mass is 505 g/mol. The fraction of sp³-hybridized carbons (Fsp3) is 0.571. The summed E-state index contributed by atoms with van der Waals surface area (Å²) in [7, 11) is 3.91. The van der Waals surface area contributed by atoms with Crippen LogP contribution >= 0.6 is 0 Å². The smallest absolute Gasteiger partial charge is 0.234 e. The van der Waals surface area contributed by atoms with Crippen LogP contribution in [-0.4, -0.2) is 66.5 Å². The van der Waals surface area contributed by atoms with E-state index in [0.29, 0.717) is 18.5 Å². The zero-order valence-corrected chi connectivity index (χ0v) is 22.5. The Morgan fingerprint density at radius 3 is 2.49 bits per heavy atom. The number of benzene rings is 1. The molecule has 0 bridgehead atoms. The lowest BCUT2D eigenvalue weighted by molar-refractivity contribution is -0.125. The Kier molecular flexibility index (Phi) is 7.07. The Morgan fingerprint density at radius 1 is 1.05 bits per heavy atom. The summed E-state index contributed by atoms with van der Waals surface area (Å²) in [5.74, 6) is 1.48. The van der Waals surface area contributed by atoms with Gasteiger partial charge in [0.1, 0.15) is 5.69 Å². The summed E-state index contributed by atoms with van der Waals surface area (Å²) in [5, 5.41) is 6.41. The number of likely N-dealkylation sites (tertiary alicyclic amines) is 1. The van der Waals surface area contributed by atoms with E-state index >= 15 is 0 Å². The maximum atomic E-state index is 13.2. The molecule has 0 atom stereocenters. The molecule has 3 heterocycles. The third-order valence-corrected chi connectivity index (χ3v) is 8.07. The van der Waals surface area contributed by atoms with Crippen molar-refractivity contribution >= 4 is 40.6 Å². The molecule has 1 saturated heterocycles. The van der Waals surface area contributed by atoms with Crippen molar-refractivity contribution in [3.8, 4) is 0 Å². The maximum Gasteiger partial charge on any atom is 0.234 e. The predicted octanol–water partition coefficient (Wildman–Crippen LogP) is 4.25. The first-order valence-electron chi connectivity index (χ1n) is 13.5. The van der Waals surface area contributed by atoms with E-state index in [2.05, 4.69) is 32.5 Å². The third-order valence-electron chi connectivity index (χ3n) is 8.07. The van der Waals surface area contributed by atoms with Crippen LogP contribution in [0.4, 0.5) is 28.8 Å². The van der Waals surface area contributed by atoms with E-state index in [9.17, 15) is 9.59 Å². The average Bonchev–Trinajstić information content (AvgIpc) is 3.40. The van der Waals surface area contributed by atoms with Gasteiger partial charge < -0.3 is 25.3 Å². The highest BCUT2D eigenvalue weighted by atomic mass is 16.2. The van der Waals surface area contributed by atoms with E-state index in [1.165, 1.54) is 12.8 Å². The van der Waals surface area contributed by atoms with E-state index in [4.69, 9.17) is 4.98 Å². The fourth-order valence-electron chi connectivity index (χ4n) is 5.84. The zero-order chi connectivity index (χ0) is 26.2. The Morgan fingerprint density at radius 2 is 1.76 bits per heavy atom. The molecule has 1 aromatic heterocycles. The van der Waals surface area contributed by atoms with Crippen LogP contribution in [-0.2, 0) is 9.59 Å². The molecule has 198 valence electrons. The highest BCUT2D eigenvalue weighted by Gasteiger charge is 2.41. The molecule has 1 aromatic carbocycles. The van der Waals surface area contributed by atoms with Gasteiger partial charge >= 0.3 is 0 Å². The number of nitrogens with one attached hydrogen (secondary N) is 2. The molecule has 3 aliphatic rings. The van der Waals surface area contributed by atoms with Crippen molar-refractivity contribution in [2.45, 2.75) is 58.4 Å². The summed E-state index contributed by atoms with van der Waals surface area (Å²) in [4.78, 5) is 41.8. The third kappa shape index (κ3) is 5.42. The molecule has 9 nitrogen and oxygen atoms in total. The number of hydrogen-bond donors (Lipinski definition) is 2. The van der Waals surface area contributed by atoms with Crippen LogP contribution in [0.15, 0.2) is 30.5 Å². The Labute approximate surface area is 219 Å². The number of rotatable bonds is 5. The number of piperidine rings is 1. The molecule has 2 aromatic rings. The highest BCUT2D eigenvalue weighted by molar-refractivity contribution is 6.01. The fourth-order valence-corrected chi connectivity index (χ4v) is 5.84. The van der Waals surface area contributed by atoms with Gasteiger partial charge in [-0.05, 0) is 77.9 Å². The quantitative estimate of drug-likeness (QED) is 0.627. The number of hydrogen-bond acceptors (Lipinski definition) is 7. The Bertz CT molecular complexity index is 1150. The van der Waals surface area contributed by atoms with Gasteiger partial charge in [0.05, 0.1) is 11.6 Å². The lowest BCUT2D eigenvalue weighted by Crippen LogP contribution is -2.45. The minimum Gasteiger partial charge on any atom is -0.351 e. The summed E-state index contributed by atoms with van der Waals surface area (Å²) >= 11 is 0. The van der Waals surface area contributed by atoms with Gasteiger partial charge in [0.15, 0.2) is 5.82 Å². The Hall–Kier alpha value is -3.20. The SMILES string of the molecule is CN1CCC(C(=O)Nc2cccc(Nc3ncc4c(n3)N(C3CCCC3)CC(C)(C)C(=O)N4C)c2)CC1. The van der Waals surface area contributed by atoms with Crippen LogP contribution in [0.1, 0.15) is 52.4 Å². The van der Waals surface area contributed by atoms with Crippen LogP contribution in [0.2, 0.25) is 0 Å². The van der Waals surface area contributed by atoms with Crippen molar-refractivity contribution in [1.29, 1.82) is 0 Å². The summed E-state index contributed by atoms with van der Waals surface area (Å²) in [5.41, 5.74) is 1.77. The predicted molar refractivity (Wildman–Crippen MR) is 147 cm³/mol.